The topological polar surface area (TPSA) is 52.0 Å². The lowest BCUT2D eigenvalue weighted by atomic mass is 10.1. The van der Waals surface area contributed by atoms with Gasteiger partial charge in [0.15, 0.2) is 0 Å². The maximum absolute atomic E-state index is 5.49. The van der Waals surface area contributed by atoms with Crippen LogP contribution in [0, 0.1) is 0 Å². The lowest BCUT2D eigenvalue weighted by Gasteiger charge is -1.99. The molecular formula is C7H14N2. The molecule has 4 N–H and O–H groups in total. The van der Waals surface area contributed by atoms with Gasteiger partial charge >= 0.3 is 0 Å². The first kappa shape index (κ1) is 6.78. The van der Waals surface area contributed by atoms with Gasteiger partial charge in [-0.25, -0.2) is 0 Å². The van der Waals surface area contributed by atoms with Gasteiger partial charge < -0.3 is 11.5 Å². The Morgan fingerprint density at radius 1 is 1.00 bits per heavy atom. The average molecular weight is 126 g/mol. The standard InChI is InChI=1S/C7H14N2/c8-4-6-2-1-3-7(6)5-9/h1-5,8-9H2. The Morgan fingerprint density at radius 2 is 1.44 bits per heavy atom. The lowest BCUT2D eigenvalue weighted by molar-refractivity contribution is 0.874. The zero-order valence-electron chi connectivity index (χ0n) is 5.69. The van der Waals surface area contributed by atoms with Gasteiger partial charge in [-0.1, -0.05) is 11.1 Å². The molecule has 52 valence electrons. The van der Waals surface area contributed by atoms with E-state index in [1.807, 2.05) is 0 Å². The SMILES string of the molecule is NCC1=C(CN)CCC1. The zero-order chi connectivity index (χ0) is 6.69. The molecule has 0 saturated heterocycles. The third-order valence-electron chi connectivity index (χ3n) is 1.95. The van der Waals surface area contributed by atoms with Gasteiger partial charge in [-0.2, -0.15) is 0 Å². The monoisotopic (exact) mass is 126 g/mol. The van der Waals surface area contributed by atoms with Crippen molar-refractivity contribution in [1.82, 2.24) is 0 Å². The van der Waals surface area contributed by atoms with Crippen LogP contribution in [0.15, 0.2) is 11.1 Å². The molecule has 0 heterocycles. The van der Waals surface area contributed by atoms with Crippen molar-refractivity contribution in [1.29, 1.82) is 0 Å². The average Bonchev–Trinajstić information content (AvgIpc) is 2.33. The molecule has 0 amide bonds. The molecular weight excluding hydrogens is 112 g/mol. The fourth-order valence-corrected chi connectivity index (χ4v) is 1.36. The lowest BCUT2D eigenvalue weighted by Crippen LogP contribution is -2.08. The maximum Gasteiger partial charge on any atom is 0.0140 e. The first-order valence-electron chi connectivity index (χ1n) is 3.48. The highest BCUT2D eigenvalue weighted by Gasteiger charge is 2.10. The molecule has 0 aromatic heterocycles. The predicted molar refractivity (Wildman–Crippen MR) is 39.0 cm³/mol. The van der Waals surface area contributed by atoms with Gasteiger partial charge in [0.1, 0.15) is 0 Å². The first-order valence-corrected chi connectivity index (χ1v) is 3.48. The molecule has 9 heavy (non-hydrogen) atoms. The van der Waals surface area contributed by atoms with Gasteiger partial charge in [0.25, 0.3) is 0 Å². The van der Waals surface area contributed by atoms with Crippen molar-refractivity contribution < 1.29 is 0 Å². The molecule has 0 aromatic rings. The van der Waals surface area contributed by atoms with Crippen molar-refractivity contribution in [3.8, 4) is 0 Å². The molecule has 1 rings (SSSR count). The molecule has 1 aliphatic carbocycles. The second-order valence-corrected chi connectivity index (χ2v) is 2.47. The van der Waals surface area contributed by atoms with Crippen molar-refractivity contribution in [2.24, 2.45) is 11.5 Å². The quantitative estimate of drug-likeness (QED) is 0.526. The van der Waals surface area contributed by atoms with Crippen LogP contribution in [-0.4, -0.2) is 13.1 Å². The van der Waals surface area contributed by atoms with E-state index in [9.17, 15) is 0 Å². The number of nitrogens with two attached hydrogens (primary N) is 2. The fourth-order valence-electron chi connectivity index (χ4n) is 1.36. The van der Waals surface area contributed by atoms with Gasteiger partial charge in [0.2, 0.25) is 0 Å². The Balaban J connectivity index is 2.59. The molecule has 1 aliphatic rings. The minimum atomic E-state index is 0.715. The van der Waals surface area contributed by atoms with E-state index in [1.54, 1.807) is 0 Å². The molecule has 0 aromatic carbocycles. The van der Waals surface area contributed by atoms with E-state index < -0.39 is 0 Å². The Labute approximate surface area is 55.9 Å². The Kier molecular flexibility index (Phi) is 2.25. The van der Waals surface area contributed by atoms with Gasteiger partial charge in [-0.3, -0.25) is 0 Å². The van der Waals surface area contributed by atoms with Gasteiger partial charge in [0.05, 0.1) is 0 Å². The molecule has 2 heteroatoms. The van der Waals surface area contributed by atoms with E-state index in [0.29, 0.717) is 13.1 Å². The molecule has 0 saturated carbocycles. The second-order valence-electron chi connectivity index (χ2n) is 2.47. The van der Waals surface area contributed by atoms with Crippen LogP contribution in [0.2, 0.25) is 0 Å². The Morgan fingerprint density at radius 3 is 1.78 bits per heavy atom. The molecule has 0 atom stereocenters. The summed E-state index contributed by atoms with van der Waals surface area (Å²) < 4.78 is 0. The molecule has 0 radical (unpaired) electrons. The van der Waals surface area contributed by atoms with Crippen LogP contribution < -0.4 is 11.5 Å². The molecule has 0 aliphatic heterocycles. The van der Waals surface area contributed by atoms with E-state index in [2.05, 4.69) is 0 Å². The molecule has 0 unspecified atom stereocenters. The molecule has 0 bridgehead atoms. The van der Waals surface area contributed by atoms with Crippen LogP contribution in [0.5, 0.6) is 0 Å². The Hall–Kier alpha value is -0.340. The van der Waals surface area contributed by atoms with Crippen LogP contribution in [0.1, 0.15) is 19.3 Å². The summed E-state index contributed by atoms with van der Waals surface area (Å²) in [6, 6.07) is 0. The van der Waals surface area contributed by atoms with E-state index in [-0.39, 0.29) is 0 Å². The summed E-state index contributed by atoms with van der Waals surface area (Å²) >= 11 is 0. The van der Waals surface area contributed by atoms with Crippen molar-refractivity contribution in [2.75, 3.05) is 13.1 Å². The minimum absolute atomic E-state index is 0.715. The van der Waals surface area contributed by atoms with E-state index >= 15 is 0 Å². The number of hydrogen-bond acceptors (Lipinski definition) is 2. The first-order chi connectivity index (χ1) is 4.38. The van der Waals surface area contributed by atoms with Gasteiger partial charge in [-0.15, -0.1) is 0 Å². The highest BCUT2D eigenvalue weighted by Crippen LogP contribution is 2.23. The molecule has 0 spiro atoms. The van der Waals surface area contributed by atoms with Crippen molar-refractivity contribution in [2.45, 2.75) is 19.3 Å². The minimum Gasteiger partial charge on any atom is -0.327 e. The predicted octanol–water partition coefficient (Wildman–Crippen LogP) is 0.384. The molecule has 2 nitrogen and oxygen atoms in total. The summed E-state index contributed by atoms with van der Waals surface area (Å²) in [7, 11) is 0. The maximum atomic E-state index is 5.49. The normalized spacial score (nSPS) is 19.3. The highest BCUT2D eigenvalue weighted by molar-refractivity contribution is 5.21. The van der Waals surface area contributed by atoms with Gasteiger partial charge in [-0.05, 0) is 19.3 Å². The van der Waals surface area contributed by atoms with E-state index in [1.165, 1.54) is 30.4 Å². The summed E-state index contributed by atoms with van der Waals surface area (Å²) in [4.78, 5) is 0. The van der Waals surface area contributed by atoms with E-state index in [0.717, 1.165) is 0 Å². The van der Waals surface area contributed by atoms with Crippen LogP contribution in [-0.2, 0) is 0 Å². The van der Waals surface area contributed by atoms with Crippen LogP contribution in [0.4, 0.5) is 0 Å². The Bertz CT molecular complexity index is 113. The smallest absolute Gasteiger partial charge is 0.0140 e. The summed E-state index contributed by atoms with van der Waals surface area (Å²) in [5, 5.41) is 0. The third kappa shape index (κ3) is 1.32. The van der Waals surface area contributed by atoms with Crippen LogP contribution in [0.25, 0.3) is 0 Å². The van der Waals surface area contributed by atoms with Crippen molar-refractivity contribution in [3.63, 3.8) is 0 Å². The third-order valence-corrected chi connectivity index (χ3v) is 1.95. The van der Waals surface area contributed by atoms with Crippen molar-refractivity contribution >= 4 is 0 Å². The van der Waals surface area contributed by atoms with Gasteiger partial charge in [0, 0.05) is 13.1 Å². The number of rotatable bonds is 2. The van der Waals surface area contributed by atoms with Crippen molar-refractivity contribution in [3.05, 3.63) is 11.1 Å². The summed E-state index contributed by atoms with van der Waals surface area (Å²) in [6.45, 7) is 1.43. The largest absolute Gasteiger partial charge is 0.327 e. The number of hydrogen-bond donors (Lipinski definition) is 2. The molecule has 0 fully saturated rings. The fraction of sp³-hybridized carbons (Fsp3) is 0.714. The summed E-state index contributed by atoms with van der Waals surface area (Å²) in [5.74, 6) is 0. The summed E-state index contributed by atoms with van der Waals surface area (Å²) in [6.07, 6.45) is 3.63. The summed E-state index contributed by atoms with van der Waals surface area (Å²) in [5.41, 5.74) is 13.8. The second kappa shape index (κ2) is 2.99. The van der Waals surface area contributed by atoms with Crippen LogP contribution >= 0.6 is 0 Å². The van der Waals surface area contributed by atoms with Crippen LogP contribution in [0.3, 0.4) is 0 Å². The van der Waals surface area contributed by atoms with E-state index in [4.69, 9.17) is 11.5 Å². The zero-order valence-corrected chi connectivity index (χ0v) is 5.69. The highest BCUT2D eigenvalue weighted by atomic mass is 14.6.